The van der Waals surface area contributed by atoms with Gasteiger partial charge < -0.3 is 9.47 Å². The first-order valence-electron chi connectivity index (χ1n) is 12.0. The number of alkyl halides is 3. The number of aromatic amines is 1. The van der Waals surface area contributed by atoms with Crippen molar-refractivity contribution in [3.63, 3.8) is 0 Å². The van der Waals surface area contributed by atoms with Crippen LogP contribution in [0.15, 0.2) is 77.6 Å². The highest BCUT2D eigenvalue weighted by Gasteiger charge is 2.30. The average molecular weight is 536 g/mol. The highest BCUT2D eigenvalue weighted by molar-refractivity contribution is 6.04. The number of rotatable bonds is 6. The normalized spacial score (nSPS) is 11.6. The Morgan fingerprint density at radius 1 is 0.923 bits per heavy atom. The van der Waals surface area contributed by atoms with Crippen LogP contribution in [-0.4, -0.2) is 34.5 Å². The number of carbonyl (C=O) groups excluding carboxylic acids is 1. The van der Waals surface area contributed by atoms with Crippen molar-refractivity contribution in [2.45, 2.75) is 19.5 Å². The second kappa shape index (κ2) is 9.86. The Labute approximate surface area is 221 Å². The van der Waals surface area contributed by atoms with E-state index in [9.17, 15) is 22.8 Å². The third-order valence-electron chi connectivity index (χ3n) is 6.65. The molecule has 0 aliphatic rings. The molecule has 39 heavy (non-hydrogen) atoms. The van der Waals surface area contributed by atoms with Crippen LogP contribution in [0.1, 0.15) is 32.9 Å². The van der Waals surface area contributed by atoms with Crippen molar-refractivity contribution in [3.8, 4) is 17.2 Å². The minimum Gasteiger partial charge on any atom is -0.497 e. The molecule has 0 fully saturated rings. The number of nitrogens with zero attached hydrogens (tertiary/aromatic N) is 2. The minimum atomic E-state index is -4.54. The van der Waals surface area contributed by atoms with Gasteiger partial charge in [0.25, 0.3) is 11.5 Å². The standard InChI is InChI=1S/C29H24F3N3O4/c1-17-24(14-20-15-27(36)35(33-20)21-6-4-5-19(13-21)29(30,31)32)25-16-23(39-3)11-12-26(25)34(17)28(37)18-7-9-22(38-2)10-8-18/h4-13,15-16,33H,14H2,1-3H3. The number of benzene rings is 3. The number of H-pyrrole nitrogens is 1. The molecule has 2 heterocycles. The van der Waals surface area contributed by atoms with Crippen LogP contribution in [0.2, 0.25) is 0 Å². The summed E-state index contributed by atoms with van der Waals surface area (Å²) in [5.41, 5.74) is 1.72. The lowest BCUT2D eigenvalue weighted by Crippen LogP contribution is -2.14. The maximum absolute atomic E-state index is 13.6. The molecule has 0 radical (unpaired) electrons. The zero-order valence-corrected chi connectivity index (χ0v) is 21.3. The summed E-state index contributed by atoms with van der Waals surface area (Å²) in [6.07, 6.45) is -4.32. The number of fused-ring (bicyclic) bond motifs is 1. The van der Waals surface area contributed by atoms with Crippen LogP contribution in [0, 0.1) is 6.92 Å². The molecule has 7 nitrogen and oxygen atoms in total. The first kappa shape index (κ1) is 25.9. The Morgan fingerprint density at radius 2 is 1.62 bits per heavy atom. The predicted octanol–water partition coefficient (Wildman–Crippen LogP) is 5.74. The van der Waals surface area contributed by atoms with E-state index in [2.05, 4.69) is 5.10 Å². The number of methoxy groups -OCH3 is 2. The van der Waals surface area contributed by atoms with Gasteiger partial charge in [-0.1, -0.05) is 6.07 Å². The van der Waals surface area contributed by atoms with Crippen molar-refractivity contribution in [1.82, 2.24) is 14.3 Å². The SMILES string of the molecule is COc1ccc(C(=O)n2c(C)c(Cc3cc(=O)n(-c4cccc(C(F)(F)F)c4)[nH]3)c3cc(OC)ccc32)cc1. The van der Waals surface area contributed by atoms with E-state index in [1.54, 1.807) is 55.2 Å². The Balaban J connectivity index is 1.58. The molecule has 0 unspecified atom stereocenters. The molecular formula is C29H24F3N3O4. The maximum Gasteiger partial charge on any atom is 0.416 e. The number of halogens is 3. The fourth-order valence-corrected chi connectivity index (χ4v) is 4.68. The molecule has 10 heteroatoms. The van der Waals surface area contributed by atoms with Gasteiger partial charge >= 0.3 is 6.18 Å². The van der Waals surface area contributed by atoms with E-state index in [4.69, 9.17) is 9.47 Å². The smallest absolute Gasteiger partial charge is 0.416 e. The van der Waals surface area contributed by atoms with Crippen molar-refractivity contribution < 1.29 is 27.4 Å². The van der Waals surface area contributed by atoms with Crippen molar-refractivity contribution >= 4 is 16.8 Å². The number of ether oxygens (including phenoxy) is 2. The molecule has 0 bridgehead atoms. The lowest BCUT2D eigenvalue weighted by atomic mass is 10.1. The molecule has 1 N–H and O–H groups in total. The van der Waals surface area contributed by atoms with Gasteiger partial charge in [0.05, 0.1) is 31.0 Å². The van der Waals surface area contributed by atoms with E-state index in [1.807, 2.05) is 13.0 Å². The predicted molar refractivity (Wildman–Crippen MR) is 140 cm³/mol. The van der Waals surface area contributed by atoms with Crippen molar-refractivity contribution in [2.24, 2.45) is 0 Å². The van der Waals surface area contributed by atoms with Crippen LogP contribution in [0.25, 0.3) is 16.6 Å². The summed E-state index contributed by atoms with van der Waals surface area (Å²) in [4.78, 5) is 26.3. The highest BCUT2D eigenvalue weighted by atomic mass is 19.4. The number of carbonyl (C=O) groups is 1. The monoisotopic (exact) mass is 535 g/mol. The van der Waals surface area contributed by atoms with E-state index in [0.29, 0.717) is 34.0 Å². The lowest BCUT2D eigenvalue weighted by molar-refractivity contribution is -0.137. The first-order valence-corrected chi connectivity index (χ1v) is 12.0. The molecule has 200 valence electrons. The molecule has 0 aliphatic heterocycles. The van der Waals surface area contributed by atoms with E-state index < -0.39 is 17.3 Å². The van der Waals surface area contributed by atoms with Crippen molar-refractivity contribution in [1.29, 1.82) is 0 Å². The Hall–Kier alpha value is -4.73. The van der Waals surface area contributed by atoms with E-state index in [-0.39, 0.29) is 18.0 Å². The van der Waals surface area contributed by atoms with Crippen LogP contribution in [0.3, 0.4) is 0 Å². The molecule has 3 aromatic carbocycles. The molecule has 0 spiro atoms. The van der Waals surface area contributed by atoms with Gasteiger partial charge in [0, 0.05) is 34.8 Å². The van der Waals surface area contributed by atoms with Gasteiger partial charge in [-0.2, -0.15) is 13.2 Å². The number of hydrogen-bond donors (Lipinski definition) is 1. The number of aromatic nitrogens is 3. The molecule has 5 rings (SSSR count). The van der Waals surface area contributed by atoms with Crippen LogP contribution in [0.4, 0.5) is 13.2 Å². The summed E-state index contributed by atoms with van der Waals surface area (Å²) in [5.74, 6) is 0.972. The number of nitrogens with one attached hydrogen (secondary N) is 1. The summed E-state index contributed by atoms with van der Waals surface area (Å²) in [6, 6.07) is 18.0. The second-order valence-corrected chi connectivity index (χ2v) is 9.00. The largest absolute Gasteiger partial charge is 0.497 e. The molecule has 0 saturated heterocycles. The van der Waals surface area contributed by atoms with Gasteiger partial charge in [0.15, 0.2) is 0 Å². The van der Waals surface area contributed by atoms with Crippen LogP contribution in [-0.2, 0) is 12.6 Å². The molecule has 0 amide bonds. The fourth-order valence-electron chi connectivity index (χ4n) is 4.68. The minimum absolute atomic E-state index is 0.0663. The fraction of sp³-hybridized carbons (Fsp3) is 0.172. The lowest BCUT2D eigenvalue weighted by Gasteiger charge is -2.09. The summed E-state index contributed by atoms with van der Waals surface area (Å²) >= 11 is 0. The average Bonchev–Trinajstić information content (AvgIpc) is 3.43. The van der Waals surface area contributed by atoms with Crippen molar-refractivity contribution in [2.75, 3.05) is 14.2 Å². The first-order chi connectivity index (χ1) is 18.6. The molecule has 0 aliphatic carbocycles. The van der Waals surface area contributed by atoms with E-state index in [0.717, 1.165) is 27.8 Å². The summed E-state index contributed by atoms with van der Waals surface area (Å²) in [6.45, 7) is 1.81. The van der Waals surface area contributed by atoms with Gasteiger partial charge in [-0.25, -0.2) is 4.68 Å². The second-order valence-electron chi connectivity index (χ2n) is 9.00. The van der Waals surface area contributed by atoms with Crippen LogP contribution >= 0.6 is 0 Å². The maximum atomic E-state index is 13.6. The van der Waals surface area contributed by atoms with Gasteiger partial charge in [-0.3, -0.25) is 19.3 Å². The quantitative estimate of drug-likeness (QED) is 0.301. The van der Waals surface area contributed by atoms with Gasteiger partial charge in [-0.15, -0.1) is 0 Å². The van der Waals surface area contributed by atoms with Crippen LogP contribution in [0.5, 0.6) is 11.5 Å². The van der Waals surface area contributed by atoms with E-state index in [1.165, 1.54) is 18.2 Å². The third kappa shape index (κ3) is 4.81. The van der Waals surface area contributed by atoms with Crippen LogP contribution < -0.4 is 15.0 Å². The molecular weight excluding hydrogens is 511 g/mol. The third-order valence-corrected chi connectivity index (χ3v) is 6.65. The summed E-state index contributed by atoms with van der Waals surface area (Å²) < 4.78 is 52.9. The zero-order chi connectivity index (χ0) is 27.9. The number of hydrogen-bond acceptors (Lipinski definition) is 4. The van der Waals surface area contributed by atoms with Gasteiger partial charge in [-0.05, 0) is 73.2 Å². The van der Waals surface area contributed by atoms with E-state index >= 15 is 0 Å². The molecule has 0 atom stereocenters. The summed E-state index contributed by atoms with van der Waals surface area (Å²) in [7, 11) is 3.09. The molecule has 2 aromatic heterocycles. The molecule has 0 saturated carbocycles. The summed E-state index contributed by atoms with van der Waals surface area (Å²) in [5, 5.41) is 3.68. The van der Waals surface area contributed by atoms with Crippen molar-refractivity contribution in [3.05, 3.63) is 111 Å². The highest BCUT2D eigenvalue weighted by Crippen LogP contribution is 2.32. The zero-order valence-electron chi connectivity index (χ0n) is 21.3. The Bertz CT molecular complexity index is 1740. The van der Waals surface area contributed by atoms with Gasteiger partial charge in [0.2, 0.25) is 0 Å². The Morgan fingerprint density at radius 3 is 2.28 bits per heavy atom. The van der Waals surface area contributed by atoms with Gasteiger partial charge in [0.1, 0.15) is 11.5 Å². The topological polar surface area (TPSA) is 78.2 Å². The Kier molecular flexibility index (Phi) is 6.55. The molecule has 5 aromatic rings.